The number of carbonyl (C=O) groups is 1. The highest BCUT2D eigenvalue weighted by molar-refractivity contribution is 7.25. The van der Waals surface area contributed by atoms with Crippen molar-refractivity contribution in [3.05, 3.63) is 71.3 Å². The fraction of sp³-hybridized carbons (Fsp3) is 0.350. The number of aromatic carboxylic acids is 1. The molecule has 3 atom stereocenters. The van der Waals surface area contributed by atoms with Gasteiger partial charge in [-0.1, -0.05) is 42.5 Å². The first-order valence-corrected chi connectivity index (χ1v) is 9.59. The Morgan fingerprint density at radius 1 is 1.15 bits per heavy atom. The second-order valence-corrected chi connectivity index (χ2v) is 7.72. The predicted molar refractivity (Wildman–Crippen MR) is 101 cm³/mol. The van der Waals surface area contributed by atoms with E-state index in [1.807, 2.05) is 30.3 Å². The number of carboxylic acids is 1. The van der Waals surface area contributed by atoms with Crippen LogP contribution in [0.3, 0.4) is 0 Å². The highest BCUT2D eigenvalue weighted by Gasteiger charge is 2.41. The van der Waals surface area contributed by atoms with Crippen LogP contribution in [0.15, 0.2) is 54.6 Å². The van der Waals surface area contributed by atoms with Crippen molar-refractivity contribution >= 4 is 14.4 Å². The predicted octanol–water partition coefficient (Wildman–Crippen LogP) is 2.51. The van der Waals surface area contributed by atoms with E-state index in [-0.39, 0.29) is 26.5 Å². The molecule has 0 spiro atoms. The number of aliphatic hydroxyl groups is 1. The molecule has 27 heavy (non-hydrogen) atoms. The van der Waals surface area contributed by atoms with Gasteiger partial charge >= 0.3 is 5.97 Å². The van der Waals surface area contributed by atoms with Crippen LogP contribution in [0.25, 0.3) is 0 Å². The molecule has 0 radical (unpaired) electrons. The van der Waals surface area contributed by atoms with E-state index in [4.69, 9.17) is 9.84 Å². The average molecular weight is 387 g/mol. The summed E-state index contributed by atoms with van der Waals surface area (Å²) in [6.07, 6.45) is 0.341. The molecular formula is C20H22NO5P. The normalized spacial score (nSPS) is 22.3. The molecule has 1 unspecified atom stereocenters. The van der Waals surface area contributed by atoms with Crippen LogP contribution in [0.4, 0.5) is 0 Å². The van der Waals surface area contributed by atoms with Crippen LogP contribution >= 0.6 is 8.46 Å². The van der Waals surface area contributed by atoms with Crippen molar-refractivity contribution < 1.29 is 24.3 Å². The summed E-state index contributed by atoms with van der Waals surface area (Å²) < 4.78 is 17.5. The standard InChI is InChI=1S/C20H22NO5P/c22-19(23)16-8-6-14(7-9-16)10-17-13-26-18(12-21-17)20(24,27-25)11-15-4-2-1-3-5-15/h1-9,17-18,21,24H,10-13H2,(H,22,23)/t17-,18-,20?/m1/s1. The van der Waals surface area contributed by atoms with Gasteiger partial charge in [-0.25, -0.2) is 4.79 Å². The summed E-state index contributed by atoms with van der Waals surface area (Å²) in [7, 11) is -0.364. The van der Waals surface area contributed by atoms with Crippen LogP contribution < -0.4 is 5.32 Å². The van der Waals surface area contributed by atoms with E-state index in [0.29, 0.717) is 19.6 Å². The largest absolute Gasteiger partial charge is 0.478 e. The number of ether oxygens (including phenoxy) is 1. The quantitative estimate of drug-likeness (QED) is 0.632. The average Bonchev–Trinajstić information content (AvgIpc) is 2.69. The van der Waals surface area contributed by atoms with Gasteiger partial charge in [-0.15, -0.1) is 0 Å². The minimum absolute atomic E-state index is 0.0428. The molecule has 142 valence electrons. The van der Waals surface area contributed by atoms with Gasteiger partial charge in [-0.2, -0.15) is 0 Å². The van der Waals surface area contributed by atoms with Gasteiger partial charge in [0.15, 0.2) is 13.8 Å². The van der Waals surface area contributed by atoms with Crippen LogP contribution in [-0.4, -0.2) is 46.8 Å². The van der Waals surface area contributed by atoms with Crippen molar-refractivity contribution in [2.75, 3.05) is 13.2 Å². The van der Waals surface area contributed by atoms with Crippen LogP contribution in [0.1, 0.15) is 21.5 Å². The number of carboxylic acid groups (broad SMARTS) is 1. The fourth-order valence-electron chi connectivity index (χ4n) is 3.22. The first-order valence-electron chi connectivity index (χ1n) is 8.78. The zero-order valence-electron chi connectivity index (χ0n) is 14.7. The first-order chi connectivity index (χ1) is 13.0. The van der Waals surface area contributed by atoms with Gasteiger partial charge in [-0.05, 0) is 29.7 Å². The molecule has 1 fully saturated rings. The Balaban J connectivity index is 1.57. The number of hydrogen-bond acceptors (Lipinski definition) is 5. The van der Waals surface area contributed by atoms with E-state index < -0.39 is 17.4 Å². The Bertz CT molecular complexity index is 775. The van der Waals surface area contributed by atoms with E-state index in [1.165, 1.54) is 0 Å². The fourth-order valence-corrected chi connectivity index (χ4v) is 3.75. The van der Waals surface area contributed by atoms with Crippen molar-refractivity contribution in [2.24, 2.45) is 0 Å². The Morgan fingerprint density at radius 3 is 2.41 bits per heavy atom. The van der Waals surface area contributed by atoms with Crippen molar-refractivity contribution in [1.82, 2.24) is 5.32 Å². The molecule has 2 aromatic carbocycles. The lowest BCUT2D eigenvalue weighted by molar-refractivity contribution is -0.0845. The third-order valence-electron chi connectivity index (χ3n) is 4.75. The van der Waals surface area contributed by atoms with Gasteiger partial charge in [0, 0.05) is 19.0 Å². The van der Waals surface area contributed by atoms with Crippen molar-refractivity contribution in [3.63, 3.8) is 0 Å². The molecule has 1 aliphatic rings. The molecule has 1 saturated heterocycles. The second-order valence-electron chi connectivity index (χ2n) is 6.77. The summed E-state index contributed by atoms with van der Waals surface area (Å²) in [6.45, 7) is 0.758. The molecule has 3 N–H and O–H groups in total. The Morgan fingerprint density at radius 2 is 1.85 bits per heavy atom. The number of benzene rings is 2. The van der Waals surface area contributed by atoms with Crippen LogP contribution in [0.5, 0.6) is 0 Å². The Kier molecular flexibility index (Phi) is 6.34. The zero-order valence-corrected chi connectivity index (χ0v) is 15.6. The highest BCUT2D eigenvalue weighted by Crippen LogP contribution is 2.31. The maximum Gasteiger partial charge on any atom is 0.335 e. The minimum Gasteiger partial charge on any atom is -0.478 e. The van der Waals surface area contributed by atoms with Gasteiger partial charge in [0.25, 0.3) is 0 Å². The molecule has 1 heterocycles. The summed E-state index contributed by atoms with van der Waals surface area (Å²) in [5.74, 6) is -0.946. The monoisotopic (exact) mass is 387 g/mol. The number of morpholine rings is 1. The van der Waals surface area contributed by atoms with Crippen molar-refractivity contribution in [3.8, 4) is 0 Å². The van der Waals surface area contributed by atoms with Crippen LogP contribution in [-0.2, 0) is 22.1 Å². The van der Waals surface area contributed by atoms with E-state index >= 15 is 0 Å². The van der Waals surface area contributed by atoms with Gasteiger partial charge in [-0.3, -0.25) is 4.57 Å². The SMILES string of the molecule is O=PC(O)(Cc1ccccc1)[C@H]1CN[C@H](Cc2ccc(C(=O)O)cc2)CO1. The number of rotatable bonds is 7. The van der Waals surface area contributed by atoms with Crippen molar-refractivity contribution in [2.45, 2.75) is 30.3 Å². The summed E-state index contributed by atoms with van der Waals surface area (Å²) in [5.41, 5.74) is 2.15. The lowest BCUT2D eigenvalue weighted by atomic mass is 9.99. The molecule has 0 amide bonds. The third kappa shape index (κ3) is 4.99. The molecular weight excluding hydrogens is 365 g/mol. The van der Waals surface area contributed by atoms with Gasteiger partial charge < -0.3 is 20.3 Å². The zero-order chi connectivity index (χ0) is 19.3. The number of nitrogens with one attached hydrogen (secondary N) is 1. The van der Waals surface area contributed by atoms with Crippen LogP contribution in [0, 0.1) is 0 Å². The third-order valence-corrected chi connectivity index (χ3v) is 5.52. The molecule has 2 aromatic rings. The smallest absolute Gasteiger partial charge is 0.335 e. The minimum atomic E-state index is -1.48. The molecule has 3 rings (SSSR count). The molecule has 0 aromatic heterocycles. The lowest BCUT2D eigenvalue weighted by Crippen LogP contribution is -2.55. The van der Waals surface area contributed by atoms with E-state index in [2.05, 4.69) is 5.32 Å². The topological polar surface area (TPSA) is 95.9 Å². The molecule has 7 heteroatoms. The van der Waals surface area contributed by atoms with Crippen LogP contribution in [0.2, 0.25) is 0 Å². The summed E-state index contributed by atoms with van der Waals surface area (Å²) in [4.78, 5) is 10.9. The highest BCUT2D eigenvalue weighted by atomic mass is 31.1. The molecule has 1 aliphatic heterocycles. The second kappa shape index (κ2) is 8.72. The molecule has 6 nitrogen and oxygen atoms in total. The summed E-state index contributed by atoms with van der Waals surface area (Å²) in [6, 6.07) is 16.2. The summed E-state index contributed by atoms with van der Waals surface area (Å²) >= 11 is 0. The molecule has 0 bridgehead atoms. The molecule has 0 aliphatic carbocycles. The van der Waals surface area contributed by atoms with Gasteiger partial charge in [0.05, 0.1) is 12.2 Å². The maximum absolute atomic E-state index is 11.7. The lowest BCUT2D eigenvalue weighted by Gasteiger charge is -2.37. The first kappa shape index (κ1) is 19.6. The summed E-state index contributed by atoms with van der Waals surface area (Å²) in [5, 5.41) is 21.6. The molecule has 0 saturated carbocycles. The van der Waals surface area contributed by atoms with Crippen molar-refractivity contribution in [1.29, 1.82) is 0 Å². The maximum atomic E-state index is 11.7. The van der Waals surface area contributed by atoms with E-state index in [1.54, 1.807) is 24.3 Å². The Labute approximate surface area is 159 Å². The number of hydrogen-bond donors (Lipinski definition) is 3. The van der Waals surface area contributed by atoms with Gasteiger partial charge in [0.2, 0.25) is 0 Å². The van der Waals surface area contributed by atoms with E-state index in [9.17, 15) is 14.5 Å². The Hall–Kier alpha value is -2.11. The van der Waals surface area contributed by atoms with Gasteiger partial charge in [0.1, 0.15) is 6.10 Å². The van der Waals surface area contributed by atoms with E-state index in [0.717, 1.165) is 11.1 Å².